The van der Waals surface area contributed by atoms with Crippen molar-refractivity contribution in [1.29, 1.82) is 0 Å². The standard InChI is InChI=1S/C11H13NO3/c12-11(6-15-7-11)9-3-1-8(2-4-9)5-10(13)14/h1-4H,5-7,12H2,(H,13,14). The zero-order valence-corrected chi connectivity index (χ0v) is 8.27. The van der Waals surface area contributed by atoms with Crippen LogP contribution in [0.3, 0.4) is 0 Å². The van der Waals surface area contributed by atoms with Crippen molar-refractivity contribution in [2.24, 2.45) is 5.73 Å². The topological polar surface area (TPSA) is 72.6 Å². The number of benzene rings is 1. The van der Waals surface area contributed by atoms with Crippen molar-refractivity contribution in [3.8, 4) is 0 Å². The van der Waals surface area contributed by atoms with Crippen LogP contribution in [0.25, 0.3) is 0 Å². The molecular formula is C11H13NO3. The van der Waals surface area contributed by atoms with Crippen LogP contribution in [-0.2, 0) is 21.5 Å². The molecule has 4 nitrogen and oxygen atoms in total. The summed E-state index contributed by atoms with van der Waals surface area (Å²) in [6, 6.07) is 7.36. The number of ether oxygens (including phenoxy) is 1. The molecule has 1 fully saturated rings. The van der Waals surface area contributed by atoms with Gasteiger partial charge in [-0.25, -0.2) is 0 Å². The van der Waals surface area contributed by atoms with Gasteiger partial charge in [0.05, 0.1) is 25.2 Å². The molecule has 1 aromatic carbocycles. The van der Waals surface area contributed by atoms with Gasteiger partial charge in [-0.15, -0.1) is 0 Å². The summed E-state index contributed by atoms with van der Waals surface area (Å²) < 4.78 is 5.07. The van der Waals surface area contributed by atoms with Crippen LogP contribution >= 0.6 is 0 Å². The molecule has 2 rings (SSSR count). The molecule has 0 saturated carbocycles. The fourth-order valence-corrected chi connectivity index (χ4v) is 1.62. The highest BCUT2D eigenvalue weighted by Gasteiger charge is 2.35. The quantitative estimate of drug-likeness (QED) is 0.757. The summed E-state index contributed by atoms with van der Waals surface area (Å²) in [5, 5.41) is 8.61. The van der Waals surface area contributed by atoms with Gasteiger partial charge in [-0.3, -0.25) is 4.79 Å². The molecule has 0 spiro atoms. The number of carboxylic acid groups (broad SMARTS) is 1. The van der Waals surface area contributed by atoms with Crippen molar-refractivity contribution in [2.75, 3.05) is 13.2 Å². The lowest BCUT2D eigenvalue weighted by atomic mass is 9.88. The zero-order chi connectivity index (χ0) is 10.9. The first-order valence-corrected chi connectivity index (χ1v) is 4.78. The molecule has 15 heavy (non-hydrogen) atoms. The van der Waals surface area contributed by atoms with Gasteiger partial charge in [0.25, 0.3) is 0 Å². The number of nitrogens with two attached hydrogens (primary N) is 1. The summed E-state index contributed by atoms with van der Waals surface area (Å²) in [5.41, 5.74) is 7.45. The first kappa shape index (κ1) is 10.1. The minimum Gasteiger partial charge on any atom is -0.481 e. The van der Waals surface area contributed by atoms with Crippen LogP contribution in [-0.4, -0.2) is 24.3 Å². The summed E-state index contributed by atoms with van der Waals surface area (Å²) in [6.07, 6.45) is 0.0500. The lowest BCUT2D eigenvalue weighted by molar-refractivity contribution is -0.136. The third kappa shape index (κ3) is 2.00. The Hall–Kier alpha value is -1.39. The fourth-order valence-electron chi connectivity index (χ4n) is 1.62. The molecular weight excluding hydrogens is 194 g/mol. The molecule has 1 saturated heterocycles. The van der Waals surface area contributed by atoms with Crippen LogP contribution in [0.15, 0.2) is 24.3 Å². The Morgan fingerprint density at radius 3 is 2.40 bits per heavy atom. The van der Waals surface area contributed by atoms with E-state index in [-0.39, 0.29) is 12.0 Å². The van der Waals surface area contributed by atoms with E-state index in [4.69, 9.17) is 15.6 Å². The number of carboxylic acids is 1. The number of aliphatic carboxylic acids is 1. The van der Waals surface area contributed by atoms with Crippen LogP contribution < -0.4 is 5.73 Å². The van der Waals surface area contributed by atoms with E-state index < -0.39 is 5.97 Å². The Morgan fingerprint density at radius 1 is 1.40 bits per heavy atom. The molecule has 1 heterocycles. The van der Waals surface area contributed by atoms with Gasteiger partial charge in [0.15, 0.2) is 0 Å². The van der Waals surface area contributed by atoms with E-state index in [1.165, 1.54) is 0 Å². The first-order chi connectivity index (χ1) is 7.10. The number of carbonyl (C=O) groups is 1. The molecule has 1 aliphatic heterocycles. The molecule has 0 radical (unpaired) electrons. The maximum absolute atomic E-state index is 10.5. The van der Waals surface area contributed by atoms with Gasteiger partial charge in [0.2, 0.25) is 0 Å². The molecule has 1 aromatic rings. The Labute approximate surface area is 87.7 Å². The van der Waals surface area contributed by atoms with E-state index >= 15 is 0 Å². The molecule has 0 aliphatic carbocycles. The lowest BCUT2D eigenvalue weighted by Crippen LogP contribution is -2.54. The summed E-state index contributed by atoms with van der Waals surface area (Å²) >= 11 is 0. The molecule has 1 aliphatic rings. The Bertz CT molecular complexity index is 368. The van der Waals surface area contributed by atoms with Crippen molar-refractivity contribution >= 4 is 5.97 Å². The highest BCUT2D eigenvalue weighted by molar-refractivity contribution is 5.70. The van der Waals surface area contributed by atoms with Crippen molar-refractivity contribution in [3.63, 3.8) is 0 Å². The van der Waals surface area contributed by atoms with Gasteiger partial charge in [-0.1, -0.05) is 24.3 Å². The predicted molar refractivity (Wildman–Crippen MR) is 54.5 cm³/mol. The smallest absolute Gasteiger partial charge is 0.307 e. The second-order valence-corrected chi connectivity index (χ2v) is 3.92. The van der Waals surface area contributed by atoms with Crippen LogP contribution in [0.1, 0.15) is 11.1 Å². The summed E-state index contributed by atoms with van der Waals surface area (Å²) in [7, 11) is 0. The molecule has 0 amide bonds. The van der Waals surface area contributed by atoms with Crippen LogP contribution in [0, 0.1) is 0 Å². The summed E-state index contributed by atoms with van der Waals surface area (Å²) in [5.74, 6) is -0.822. The molecule has 0 unspecified atom stereocenters. The van der Waals surface area contributed by atoms with Crippen LogP contribution in [0.4, 0.5) is 0 Å². The van der Waals surface area contributed by atoms with E-state index in [0.717, 1.165) is 11.1 Å². The average molecular weight is 207 g/mol. The maximum atomic E-state index is 10.5. The molecule has 3 N–H and O–H groups in total. The highest BCUT2D eigenvalue weighted by Crippen LogP contribution is 2.26. The lowest BCUT2D eigenvalue weighted by Gasteiger charge is -2.38. The predicted octanol–water partition coefficient (Wildman–Crippen LogP) is 0.498. The van der Waals surface area contributed by atoms with E-state index in [1.54, 1.807) is 12.1 Å². The first-order valence-electron chi connectivity index (χ1n) is 4.78. The third-order valence-corrected chi connectivity index (χ3v) is 2.60. The molecule has 0 atom stereocenters. The van der Waals surface area contributed by atoms with E-state index in [1.807, 2.05) is 12.1 Å². The SMILES string of the molecule is NC1(c2ccc(CC(=O)O)cc2)COC1. The van der Waals surface area contributed by atoms with Crippen molar-refractivity contribution in [1.82, 2.24) is 0 Å². The minimum absolute atomic E-state index is 0.0500. The molecule has 80 valence electrons. The average Bonchev–Trinajstić information content (AvgIpc) is 2.14. The second kappa shape index (κ2) is 3.64. The van der Waals surface area contributed by atoms with E-state index in [2.05, 4.69) is 0 Å². The van der Waals surface area contributed by atoms with Crippen molar-refractivity contribution in [3.05, 3.63) is 35.4 Å². The monoisotopic (exact) mass is 207 g/mol. The summed E-state index contributed by atoms with van der Waals surface area (Å²) in [6.45, 7) is 1.07. The van der Waals surface area contributed by atoms with Gasteiger partial charge in [-0.2, -0.15) is 0 Å². The van der Waals surface area contributed by atoms with Crippen LogP contribution in [0.2, 0.25) is 0 Å². The van der Waals surface area contributed by atoms with Gasteiger partial charge >= 0.3 is 5.97 Å². The molecule has 0 aromatic heterocycles. The molecule has 0 bridgehead atoms. The van der Waals surface area contributed by atoms with Crippen LogP contribution in [0.5, 0.6) is 0 Å². The van der Waals surface area contributed by atoms with E-state index in [9.17, 15) is 4.79 Å². The normalized spacial score (nSPS) is 18.2. The largest absolute Gasteiger partial charge is 0.481 e. The maximum Gasteiger partial charge on any atom is 0.307 e. The number of hydrogen-bond donors (Lipinski definition) is 2. The summed E-state index contributed by atoms with van der Waals surface area (Å²) in [4.78, 5) is 10.5. The Balaban J connectivity index is 2.13. The van der Waals surface area contributed by atoms with Gasteiger partial charge in [-0.05, 0) is 11.1 Å². The van der Waals surface area contributed by atoms with Crippen molar-refractivity contribution in [2.45, 2.75) is 12.0 Å². The Morgan fingerprint density at radius 2 is 2.00 bits per heavy atom. The van der Waals surface area contributed by atoms with Gasteiger partial charge in [0.1, 0.15) is 0 Å². The van der Waals surface area contributed by atoms with Crippen molar-refractivity contribution < 1.29 is 14.6 Å². The fraction of sp³-hybridized carbons (Fsp3) is 0.364. The highest BCUT2D eigenvalue weighted by atomic mass is 16.5. The Kier molecular flexibility index (Phi) is 2.46. The number of rotatable bonds is 3. The zero-order valence-electron chi connectivity index (χ0n) is 8.27. The van der Waals surface area contributed by atoms with Gasteiger partial charge in [0, 0.05) is 0 Å². The molecule has 4 heteroatoms. The van der Waals surface area contributed by atoms with E-state index in [0.29, 0.717) is 13.2 Å². The minimum atomic E-state index is -0.822. The third-order valence-electron chi connectivity index (χ3n) is 2.60. The second-order valence-electron chi connectivity index (χ2n) is 3.92. The van der Waals surface area contributed by atoms with Gasteiger partial charge < -0.3 is 15.6 Å². The number of hydrogen-bond acceptors (Lipinski definition) is 3.